The number of nitrogens with two attached hydrogens (primary N) is 1. The molecule has 2 rings (SSSR count). The fourth-order valence-corrected chi connectivity index (χ4v) is 2.97. The normalized spacial score (nSPS) is 11.5. The number of alkyl halides is 3. The molecule has 0 aliphatic rings. The fraction of sp³-hybridized carbons (Fsp3) is 0.450. The van der Waals surface area contributed by atoms with Crippen molar-refractivity contribution >= 4 is 17.4 Å². The van der Waals surface area contributed by atoms with Crippen molar-refractivity contribution in [1.29, 1.82) is 0 Å². The second kappa shape index (κ2) is 9.64. The molecule has 0 bridgehead atoms. The first-order valence-electron chi connectivity index (χ1n) is 9.73. The third kappa shape index (κ3) is 5.11. The molecule has 0 saturated heterocycles. The summed E-state index contributed by atoms with van der Waals surface area (Å²) in [5.74, 6) is -0.816. The van der Waals surface area contributed by atoms with Gasteiger partial charge in [0.05, 0.1) is 5.56 Å². The highest BCUT2D eigenvalue weighted by atomic mass is 19.4. The number of amides is 1. The first kappa shape index (κ1) is 23.2. The van der Waals surface area contributed by atoms with E-state index in [1.807, 2.05) is 13.8 Å². The number of rotatable bonds is 8. The summed E-state index contributed by atoms with van der Waals surface area (Å²) in [6.07, 6.45) is -1.88. The van der Waals surface area contributed by atoms with Crippen molar-refractivity contribution in [2.45, 2.75) is 52.3 Å². The van der Waals surface area contributed by atoms with E-state index >= 15 is 0 Å². The number of aromatic nitrogens is 2. The minimum absolute atomic E-state index is 0.0239. The first-order chi connectivity index (χ1) is 14.1. The van der Waals surface area contributed by atoms with Crippen molar-refractivity contribution < 1.29 is 18.0 Å². The molecule has 0 radical (unpaired) electrons. The predicted octanol–water partition coefficient (Wildman–Crippen LogP) is 3.38. The quantitative estimate of drug-likeness (QED) is 0.676. The highest BCUT2D eigenvalue weighted by molar-refractivity contribution is 6.07. The maximum atomic E-state index is 13.1. The predicted molar refractivity (Wildman–Crippen MR) is 109 cm³/mol. The Labute approximate surface area is 171 Å². The van der Waals surface area contributed by atoms with Gasteiger partial charge < -0.3 is 10.6 Å². The Morgan fingerprint density at radius 3 is 2.23 bits per heavy atom. The number of carbonyl (C=O) groups excluding carboxylic acids is 1. The number of hydrogen-bond acceptors (Lipinski definition) is 4. The SMILES string of the molecule is CCCCN(C(=O)c1ccc(C(F)(F)F)cc1)c1c(N)n(CCCC)c(=O)[nH]c1=O. The summed E-state index contributed by atoms with van der Waals surface area (Å²) in [4.78, 5) is 41.0. The molecule has 1 aromatic carbocycles. The molecule has 0 aliphatic heterocycles. The number of hydrogen-bond donors (Lipinski definition) is 2. The van der Waals surface area contributed by atoms with Crippen LogP contribution in [0.4, 0.5) is 24.7 Å². The molecule has 30 heavy (non-hydrogen) atoms. The molecule has 0 saturated carbocycles. The molecule has 164 valence electrons. The lowest BCUT2D eigenvalue weighted by Crippen LogP contribution is -2.41. The average Bonchev–Trinajstić information content (AvgIpc) is 2.69. The van der Waals surface area contributed by atoms with E-state index < -0.39 is 28.9 Å². The van der Waals surface area contributed by atoms with Crippen molar-refractivity contribution in [2.75, 3.05) is 17.2 Å². The van der Waals surface area contributed by atoms with E-state index in [9.17, 15) is 27.6 Å². The summed E-state index contributed by atoms with van der Waals surface area (Å²) in [6, 6.07) is 3.73. The van der Waals surface area contributed by atoms with Gasteiger partial charge >= 0.3 is 11.9 Å². The number of nitrogens with one attached hydrogen (secondary N) is 1. The number of carbonyl (C=O) groups is 1. The minimum Gasteiger partial charge on any atom is -0.383 e. The van der Waals surface area contributed by atoms with Crippen LogP contribution in [0.3, 0.4) is 0 Å². The van der Waals surface area contributed by atoms with Crippen LogP contribution in [0.1, 0.15) is 55.5 Å². The van der Waals surface area contributed by atoms with Crippen molar-refractivity contribution in [3.8, 4) is 0 Å². The van der Waals surface area contributed by atoms with Gasteiger partial charge in [-0.05, 0) is 37.1 Å². The van der Waals surface area contributed by atoms with Gasteiger partial charge in [-0.2, -0.15) is 13.2 Å². The van der Waals surface area contributed by atoms with Crippen LogP contribution in [0, 0.1) is 0 Å². The lowest BCUT2D eigenvalue weighted by Gasteiger charge is -2.24. The number of H-pyrrole nitrogens is 1. The highest BCUT2D eigenvalue weighted by Crippen LogP contribution is 2.29. The average molecular weight is 426 g/mol. The van der Waals surface area contributed by atoms with Crippen molar-refractivity contribution in [3.05, 3.63) is 56.2 Å². The molecule has 0 fully saturated rings. The molecule has 0 unspecified atom stereocenters. The molecule has 2 aromatic rings. The summed E-state index contributed by atoms with van der Waals surface area (Å²) in [5, 5.41) is 0. The van der Waals surface area contributed by atoms with E-state index in [1.165, 1.54) is 4.57 Å². The van der Waals surface area contributed by atoms with E-state index in [1.54, 1.807) is 0 Å². The Bertz CT molecular complexity index is 994. The Morgan fingerprint density at radius 1 is 1.10 bits per heavy atom. The minimum atomic E-state index is -4.53. The molecule has 1 aromatic heterocycles. The molecule has 1 amide bonds. The van der Waals surface area contributed by atoms with Crippen LogP contribution in [0.5, 0.6) is 0 Å². The van der Waals surface area contributed by atoms with Crippen LogP contribution in [0.2, 0.25) is 0 Å². The number of nitrogens with zero attached hydrogens (tertiary/aromatic N) is 2. The Balaban J connectivity index is 2.53. The molecule has 0 atom stereocenters. The van der Waals surface area contributed by atoms with Crippen LogP contribution in [0.15, 0.2) is 33.9 Å². The summed E-state index contributed by atoms with van der Waals surface area (Å²) in [5.41, 5.74) is 3.52. The third-order valence-electron chi connectivity index (χ3n) is 4.66. The lowest BCUT2D eigenvalue weighted by atomic mass is 10.1. The maximum Gasteiger partial charge on any atom is 0.416 e. The van der Waals surface area contributed by atoms with Gasteiger partial charge in [0.1, 0.15) is 5.82 Å². The number of anilines is 2. The van der Waals surface area contributed by atoms with Crippen molar-refractivity contribution in [1.82, 2.24) is 9.55 Å². The van der Waals surface area contributed by atoms with Crippen molar-refractivity contribution in [3.63, 3.8) is 0 Å². The van der Waals surface area contributed by atoms with Crippen LogP contribution in [-0.4, -0.2) is 22.0 Å². The largest absolute Gasteiger partial charge is 0.416 e. The molecule has 1 heterocycles. The molecular formula is C20H25F3N4O3. The number of halogens is 3. The highest BCUT2D eigenvalue weighted by Gasteiger charge is 2.31. The topological polar surface area (TPSA) is 101 Å². The molecule has 0 spiro atoms. The van der Waals surface area contributed by atoms with Crippen LogP contribution >= 0.6 is 0 Å². The van der Waals surface area contributed by atoms with Gasteiger partial charge in [0.25, 0.3) is 11.5 Å². The Kier molecular flexibility index (Phi) is 7.47. The maximum absolute atomic E-state index is 13.1. The summed E-state index contributed by atoms with van der Waals surface area (Å²) < 4.78 is 39.6. The van der Waals surface area contributed by atoms with Gasteiger partial charge in [-0.3, -0.25) is 19.1 Å². The molecular weight excluding hydrogens is 401 g/mol. The van der Waals surface area contributed by atoms with Crippen molar-refractivity contribution in [2.24, 2.45) is 0 Å². The van der Waals surface area contributed by atoms with E-state index in [-0.39, 0.29) is 30.2 Å². The second-order valence-electron chi connectivity index (χ2n) is 6.88. The molecule has 0 aliphatic carbocycles. The zero-order valence-corrected chi connectivity index (χ0v) is 16.9. The summed E-state index contributed by atoms with van der Waals surface area (Å²) in [7, 11) is 0. The Morgan fingerprint density at radius 2 is 1.70 bits per heavy atom. The summed E-state index contributed by atoms with van der Waals surface area (Å²) >= 11 is 0. The van der Waals surface area contributed by atoms with Gasteiger partial charge in [0.2, 0.25) is 0 Å². The molecule has 10 heteroatoms. The zero-order chi connectivity index (χ0) is 22.5. The van der Waals surface area contributed by atoms with E-state index in [0.717, 1.165) is 35.6 Å². The fourth-order valence-electron chi connectivity index (χ4n) is 2.97. The van der Waals surface area contributed by atoms with Gasteiger partial charge in [-0.15, -0.1) is 0 Å². The first-order valence-corrected chi connectivity index (χ1v) is 9.73. The Hall–Kier alpha value is -3.04. The summed E-state index contributed by atoms with van der Waals surface area (Å²) in [6.45, 7) is 4.20. The standard InChI is InChI=1S/C20H25F3N4O3/c1-3-5-11-26(18(29)13-7-9-14(10-8-13)20(21,22)23)15-16(24)27(12-6-4-2)19(30)25-17(15)28/h7-10H,3-6,11-12,24H2,1-2H3,(H,25,28,30). The van der Waals surface area contributed by atoms with E-state index in [2.05, 4.69) is 4.98 Å². The van der Waals surface area contributed by atoms with Gasteiger partial charge in [0, 0.05) is 18.7 Å². The number of aromatic amines is 1. The van der Waals surface area contributed by atoms with Crippen LogP contribution in [-0.2, 0) is 12.7 Å². The lowest BCUT2D eigenvalue weighted by molar-refractivity contribution is -0.137. The second-order valence-corrected chi connectivity index (χ2v) is 6.88. The van der Waals surface area contributed by atoms with Gasteiger partial charge in [0.15, 0.2) is 5.69 Å². The van der Waals surface area contributed by atoms with Crippen LogP contribution < -0.4 is 21.9 Å². The van der Waals surface area contributed by atoms with E-state index in [4.69, 9.17) is 5.73 Å². The smallest absolute Gasteiger partial charge is 0.383 e. The third-order valence-corrected chi connectivity index (χ3v) is 4.66. The van der Waals surface area contributed by atoms with Gasteiger partial charge in [-0.25, -0.2) is 4.79 Å². The van der Waals surface area contributed by atoms with Crippen LogP contribution in [0.25, 0.3) is 0 Å². The monoisotopic (exact) mass is 426 g/mol. The molecule has 3 N–H and O–H groups in total. The number of unbranched alkanes of at least 4 members (excludes halogenated alkanes) is 2. The molecule has 7 nitrogen and oxygen atoms in total. The van der Waals surface area contributed by atoms with Gasteiger partial charge in [-0.1, -0.05) is 26.7 Å². The zero-order valence-electron chi connectivity index (χ0n) is 16.9. The number of benzene rings is 1. The number of nitrogen functional groups attached to an aromatic ring is 1. The van der Waals surface area contributed by atoms with E-state index in [0.29, 0.717) is 19.3 Å².